The summed E-state index contributed by atoms with van der Waals surface area (Å²) in [6, 6.07) is 0. The van der Waals surface area contributed by atoms with E-state index >= 15 is 0 Å². The first-order valence-corrected chi connectivity index (χ1v) is 20.4. The number of esters is 1. The summed E-state index contributed by atoms with van der Waals surface area (Å²) in [5.41, 5.74) is 0. The largest absolute Gasteiger partial charge is 0.457 e. The first-order chi connectivity index (χ1) is 23.3. The summed E-state index contributed by atoms with van der Waals surface area (Å²) in [6.07, 6.45) is 23.6. The van der Waals surface area contributed by atoms with Crippen molar-refractivity contribution in [3.05, 3.63) is 0 Å². The highest BCUT2D eigenvalue weighted by atomic mass is 16.6. The highest BCUT2D eigenvalue weighted by Crippen LogP contribution is 2.28. The summed E-state index contributed by atoms with van der Waals surface area (Å²) in [5, 5.41) is 41.3. The maximum atomic E-state index is 12.5. The zero-order chi connectivity index (χ0) is 35.2. The van der Waals surface area contributed by atoms with Crippen molar-refractivity contribution in [3.63, 3.8) is 0 Å². The number of aliphatic hydroxyl groups is 4. The molecule has 0 heterocycles. The third kappa shape index (κ3) is 22.8. The van der Waals surface area contributed by atoms with E-state index in [-0.39, 0.29) is 19.6 Å². The van der Waals surface area contributed by atoms with E-state index in [1.165, 1.54) is 128 Å². The molecule has 286 valence electrons. The third-order valence-corrected chi connectivity index (χ3v) is 10.0. The molecular weight excluding hydrogens is 608 g/mol. The van der Waals surface area contributed by atoms with Crippen LogP contribution in [0.1, 0.15) is 188 Å². The Kier molecular flexibility index (Phi) is 29.2. The molecule has 0 bridgehead atoms. The molecule has 0 aromatic rings. The lowest BCUT2D eigenvalue weighted by atomic mass is 9.96. The second-order valence-corrected chi connectivity index (χ2v) is 14.8. The molecule has 0 aromatic carbocycles. The van der Waals surface area contributed by atoms with Gasteiger partial charge in [-0.3, -0.25) is 4.79 Å². The molecule has 7 atom stereocenters. The molecule has 8 nitrogen and oxygen atoms in total. The number of hydrogen-bond acceptors (Lipinski definition) is 8. The number of aliphatic hydroxyl groups excluding tert-OH is 4. The van der Waals surface area contributed by atoms with Gasteiger partial charge in [0.15, 0.2) is 6.10 Å². The van der Waals surface area contributed by atoms with Gasteiger partial charge in [-0.25, -0.2) is 0 Å². The Hall–Kier alpha value is -0.770. The molecule has 0 saturated heterocycles. The van der Waals surface area contributed by atoms with Crippen molar-refractivity contribution in [2.45, 2.75) is 224 Å². The van der Waals surface area contributed by atoms with E-state index < -0.39 is 42.6 Å². The fraction of sp³-hybridized carbons (Fsp3) is 0.975. The summed E-state index contributed by atoms with van der Waals surface area (Å²) in [5.74, 6) is 0.381. The molecule has 1 saturated carbocycles. The molecule has 1 aliphatic carbocycles. The van der Waals surface area contributed by atoms with Crippen molar-refractivity contribution < 1.29 is 39.4 Å². The van der Waals surface area contributed by atoms with Crippen molar-refractivity contribution in [2.75, 3.05) is 19.8 Å². The average molecular weight is 687 g/mol. The van der Waals surface area contributed by atoms with Gasteiger partial charge < -0.3 is 34.6 Å². The lowest BCUT2D eigenvalue weighted by molar-refractivity contribution is -0.168. The molecule has 0 amide bonds. The fourth-order valence-corrected chi connectivity index (χ4v) is 6.76. The Morgan fingerprint density at radius 2 is 1.00 bits per heavy atom. The van der Waals surface area contributed by atoms with Gasteiger partial charge in [0, 0.05) is 13.0 Å². The zero-order valence-corrected chi connectivity index (χ0v) is 31.5. The predicted molar refractivity (Wildman–Crippen MR) is 195 cm³/mol. The smallest absolute Gasteiger partial charge is 0.306 e. The van der Waals surface area contributed by atoms with Crippen LogP contribution in [0.5, 0.6) is 0 Å². The molecule has 48 heavy (non-hydrogen) atoms. The number of hydrogen-bond donors (Lipinski definition) is 4. The van der Waals surface area contributed by atoms with Crippen LogP contribution in [0.2, 0.25) is 0 Å². The standard InChI is InChI=1S/C40H78O8/c1-4-6-8-10-11-12-13-14-15-18-21-25-29-35(42)48-40-38(45)36(43)37(44)39(40)47-32-34(41)31-46-30-26-22-19-16-17-20-24-28-33(3)27-23-9-7-5-2/h33-34,36-41,43-45H,4-32H2,1-3H3. The van der Waals surface area contributed by atoms with E-state index in [0.717, 1.165) is 31.6 Å². The van der Waals surface area contributed by atoms with Crippen LogP contribution in [0.3, 0.4) is 0 Å². The number of carbonyl (C=O) groups excluding carboxylic acids is 1. The van der Waals surface area contributed by atoms with Crippen LogP contribution in [-0.4, -0.2) is 82.8 Å². The number of rotatable bonds is 34. The molecule has 0 radical (unpaired) electrons. The van der Waals surface area contributed by atoms with Crippen LogP contribution >= 0.6 is 0 Å². The average Bonchev–Trinajstić information content (AvgIpc) is 3.27. The predicted octanol–water partition coefficient (Wildman–Crippen LogP) is 8.58. The second-order valence-electron chi connectivity index (χ2n) is 14.8. The van der Waals surface area contributed by atoms with Gasteiger partial charge in [0.2, 0.25) is 0 Å². The van der Waals surface area contributed by atoms with Crippen LogP contribution in [0.15, 0.2) is 0 Å². The summed E-state index contributed by atoms with van der Waals surface area (Å²) >= 11 is 0. The van der Waals surface area contributed by atoms with E-state index in [4.69, 9.17) is 14.2 Å². The maximum absolute atomic E-state index is 12.5. The highest BCUT2D eigenvalue weighted by Gasteiger charge is 2.52. The highest BCUT2D eigenvalue weighted by molar-refractivity contribution is 5.69. The Morgan fingerprint density at radius 1 is 0.562 bits per heavy atom. The van der Waals surface area contributed by atoms with Gasteiger partial charge in [-0.15, -0.1) is 0 Å². The minimum atomic E-state index is -1.49. The van der Waals surface area contributed by atoms with E-state index in [9.17, 15) is 25.2 Å². The van der Waals surface area contributed by atoms with Crippen LogP contribution in [0.25, 0.3) is 0 Å². The first-order valence-electron chi connectivity index (χ1n) is 20.4. The van der Waals surface area contributed by atoms with Gasteiger partial charge in [0.05, 0.1) is 13.2 Å². The molecule has 7 unspecified atom stereocenters. The minimum absolute atomic E-state index is 0.0912. The zero-order valence-electron chi connectivity index (χ0n) is 31.5. The number of carbonyl (C=O) groups is 1. The van der Waals surface area contributed by atoms with Crippen LogP contribution in [-0.2, 0) is 19.0 Å². The van der Waals surface area contributed by atoms with Gasteiger partial charge in [-0.2, -0.15) is 0 Å². The summed E-state index contributed by atoms with van der Waals surface area (Å²) in [4.78, 5) is 12.5. The molecule has 0 aromatic heterocycles. The minimum Gasteiger partial charge on any atom is -0.457 e. The van der Waals surface area contributed by atoms with E-state index in [0.29, 0.717) is 13.0 Å². The van der Waals surface area contributed by atoms with Crippen molar-refractivity contribution in [1.29, 1.82) is 0 Å². The van der Waals surface area contributed by atoms with Crippen molar-refractivity contribution in [1.82, 2.24) is 0 Å². The second kappa shape index (κ2) is 31.0. The van der Waals surface area contributed by atoms with E-state index in [1.54, 1.807) is 0 Å². The van der Waals surface area contributed by atoms with Gasteiger partial charge in [-0.1, -0.05) is 168 Å². The lowest BCUT2D eigenvalue weighted by Crippen LogP contribution is -2.41. The van der Waals surface area contributed by atoms with Crippen LogP contribution in [0, 0.1) is 5.92 Å². The Morgan fingerprint density at radius 3 is 1.54 bits per heavy atom. The molecule has 1 rings (SSSR count). The van der Waals surface area contributed by atoms with Gasteiger partial charge in [-0.05, 0) is 18.8 Å². The maximum Gasteiger partial charge on any atom is 0.306 e. The third-order valence-electron chi connectivity index (χ3n) is 10.0. The molecule has 1 fully saturated rings. The van der Waals surface area contributed by atoms with Crippen molar-refractivity contribution in [2.24, 2.45) is 5.92 Å². The number of ether oxygens (including phenoxy) is 3. The molecule has 0 spiro atoms. The summed E-state index contributed by atoms with van der Waals surface area (Å²) in [6.45, 7) is 7.40. The monoisotopic (exact) mass is 687 g/mol. The Balaban J connectivity index is 2.09. The van der Waals surface area contributed by atoms with E-state index in [2.05, 4.69) is 20.8 Å². The van der Waals surface area contributed by atoms with Crippen LogP contribution in [0.4, 0.5) is 0 Å². The SMILES string of the molecule is CCCCCCCCCCCCCCC(=O)OC1C(O)C(O)C(O)C1OCC(O)COCCCCCCCCCC(C)CCCCCC. The molecule has 4 N–H and O–H groups in total. The molecule has 8 heteroatoms. The van der Waals surface area contributed by atoms with Crippen molar-refractivity contribution in [3.8, 4) is 0 Å². The van der Waals surface area contributed by atoms with Gasteiger partial charge >= 0.3 is 5.97 Å². The summed E-state index contributed by atoms with van der Waals surface area (Å²) in [7, 11) is 0. The topological polar surface area (TPSA) is 126 Å². The lowest BCUT2D eigenvalue weighted by Gasteiger charge is -2.24. The van der Waals surface area contributed by atoms with Gasteiger partial charge in [0.1, 0.15) is 30.5 Å². The molecule has 1 aliphatic rings. The summed E-state index contributed by atoms with van der Waals surface area (Å²) < 4.78 is 16.7. The first kappa shape index (κ1) is 45.3. The number of unbranched alkanes of at least 4 members (excludes halogenated alkanes) is 20. The van der Waals surface area contributed by atoms with Gasteiger partial charge in [0.25, 0.3) is 0 Å². The van der Waals surface area contributed by atoms with Crippen molar-refractivity contribution >= 4 is 5.97 Å². The van der Waals surface area contributed by atoms with Crippen LogP contribution < -0.4 is 0 Å². The van der Waals surface area contributed by atoms with E-state index in [1.807, 2.05) is 0 Å². The molecule has 0 aliphatic heterocycles. The fourth-order valence-electron chi connectivity index (χ4n) is 6.76. The Bertz CT molecular complexity index is 721. The molecular formula is C40H78O8. The Labute approximate surface area is 295 Å². The quantitative estimate of drug-likeness (QED) is 0.0392. The normalized spacial score (nSPS) is 22.3.